The summed E-state index contributed by atoms with van der Waals surface area (Å²) in [6, 6.07) is 9.93. The van der Waals surface area contributed by atoms with Crippen molar-refractivity contribution in [3.05, 3.63) is 71.9 Å². The maximum Gasteiger partial charge on any atom is 0.262 e. The average Bonchev–Trinajstić information content (AvgIpc) is 3.14. The molecular formula is C19H14ClFN4O3S. The number of benzene rings is 2. The number of ether oxygens (including phenoxy) is 1. The fourth-order valence-electron chi connectivity index (χ4n) is 2.76. The molecule has 29 heavy (non-hydrogen) atoms. The molecule has 0 atom stereocenters. The number of fused-ring (bicyclic) bond motifs is 1. The molecule has 0 unspecified atom stereocenters. The lowest BCUT2D eigenvalue weighted by molar-refractivity contribution is 0.417. The Labute approximate surface area is 170 Å². The lowest BCUT2D eigenvalue weighted by Crippen LogP contribution is -2.14. The number of methoxy groups -OCH3 is 1. The fraction of sp³-hybridized carbons (Fsp3) is 0.0526. The van der Waals surface area contributed by atoms with Crippen LogP contribution in [0.25, 0.3) is 17.0 Å². The molecule has 0 saturated carbocycles. The molecule has 4 rings (SSSR count). The molecule has 0 aliphatic heterocycles. The quantitative estimate of drug-likeness (QED) is 0.515. The van der Waals surface area contributed by atoms with E-state index in [1.807, 2.05) is 6.20 Å². The van der Waals surface area contributed by atoms with E-state index in [9.17, 15) is 12.8 Å². The monoisotopic (exact) mass is 432 g/mol. The van der Waals surface area contributed by atoms with Crippen molar-refractivity contribution in [1.82, 2.24) is 14.4 Å². The first kappa shape index (κ1) is 19.2. The van der Waals surface area contributed by atoms with Gasteiger partial charge in [0.2, 0.25) is 5.78 Å². The number of nitrogens with one attached hydrogen (secondary N) is 1. The van der Waals surface area contributed by atoms with E-state index in [0.717, 1.165) is 18.2 Å². The summed E-state index contributed by atoms with van der Waals surface area (Å²) < 4.78 is 48.4. The predicted molar refractivity (Wildman–Crippen MR) is 107 cm³/mol. The molecule has 7 nitrogen and oxygen atoms in total. The van der Waals surface area contributed by atoms with Gasteiger partial charge in [-0.15, -0.1) is 0 Å². The zero-order valence-corrected chi connectivity index (χ0v) is 16.6. The predicted octanol–water partition coefficient (Wildman–Crippen LogP) is 4.00. The Morgan fingerprint density at radius 2 is 2.03 bits per heavy atom. The van der Waals surface area contributed by atoms with Crippen LogP contribution in [0.4, 0.5) is 10.1 Å². The van der Waals surface area contributed by atoms with Crippen LogP contribution in [0.15, 0.2) is 66.0 Å². The van der Waals surface area contributed by atoms with E-state index in [1.54, 1.807) is 41.1 Å². The summed E-state index contributed by atoms with van der Waals surface area (Å²) in [6.07, 6.45) is 5.22. The van der Waals surface area contributed by atoms with Gasteiger partial charge in [-0.05, 0) is 42.5 Å². The molecule has 4 aromatic rings. The Morgan fingerprint density at radius 1 is 1.21 bits per heavy atom. The molecule has 0 bridgehead atoms. The average molecular weight is 433 g/mol. The lowest BCUT2D eigenvalue weighted by atomic mass is 10.1. The number of hydrogen-bond acceptors (Lipinski definition) is 5. The smallest absolute Gasteiger partial charge is 0.262 e. The maximum absolute atomic E-state index is 13.4. The van der Waals surface area contributed by atoms with Gasteiger partial charge < -0.3 is 4.74 Å². The van der Waals surface area contributed by atoms with Crippen LogP contribution < -0.4 is 9.46 Å². The summed E-state index contributed by atoms with van der Waals surface area (Å²) in [5.74, 6) is 0.125. The second kappa shape index (κ2) is 7.34. The van der Waals surface area contributed by atoms with Gasteiger partial charge in [0.25, 0.3) is 10.0 Å². The van der Waals surface area contributed by atoms with Gasteiger partial charge in [0.15, 0.2) is 0 Å². The molecule has 0 aliphatic carbocycles. The Kier molecular flexibility index (Phi) is 4.85. The molecule has 0 amide bonds. The van der Waals surface area contributed by atoms with Crippen molar-refractivity contribution in [3.63, 3.8) is 0 Å². The Bertz CT molecular complexity index is 1290. The molecule has 0 spiro atoms. The molecule has 0 saturated heterocycles. The van der Waals surface area contributed by atoms with Gasteiger partial charge in [0.1, 0.15) is 11.6 Å². The summed E-state index contributed by atoms with van der Waals surface area (Å²) in [5.41, 5.74) is 1.47. The molecule has 0 aliphatic rings. The van der Waals surface area contributed by atoms with Crippen LogP contribution in [0.5, 0.6) is 5.75 Å². The number of halogens is 2. The van der Waals surface area contributed by atoms with E-state index in [1.165, 1.54) is 7.11 Å². The molecule has 2 aromatic heterocycles. The third kappa shape index (κ3) is 3.74. The highest BCUT2D eigenvalue weighted by Crippen LogP contribution is 2.32. The number of hydrogen-bond donors (Lipinski definition) is 1. The van der Waals surface area contributed by atoms with Gasteiger partial charge in [-0.25, -0.2) is 22.8 Å². The van der Waals surface area contributed by atoms with Crippen LogP contribution in [0.1, 0.15) is 0 Å². The Hall–Kier alpha value is -3.17. The van der Waals surface area contributed by atoms with Crippen molar-refractivity contribution < 1.29 is 17.5 Å². The molecule has 0 fully saturated rings. The van der Waals surface area contributed by atoms with Crippen LogP contribution >= 0.6 is 11.6 Å². The molecular weight excluding hydrogens is 419 g/mol. The van der Waals surface area contributed by atoms with E-state index in [-0.39, 0.29) is 15.6 Å². The first-order valence-electron chi connectivity index (χ1n) is 8.33. The molecule has 0 radical (unpaired) electrons. The maximum atomic E-state index is 13.4. The fourth-order valence-corrected chi connectivity index (χ4v) is 4.10. The van der Waals surface area contributed by atoms with Crippen LogP contribution in [0.2, 0.25) is 5.02 Å². The van der Waals surface area contributed by atoms with Crippen LogP contribution in [-0.2, 0) is 10.0 Å². The first-order valence-corrected chi connectivity index (χ1v) is 10.2. The van der Waals surface area contributed by atoms with Crippen LogP contribution in [0, 0.1) is 5.82 Å². The number of sulfonamides is 1. The van der Waals surface area contributed by atoms with E-state index >= 15 is 0 Å². The third-order valence-electron chi connectivity index (χ3n) is 4.18. The van der Waals surface area contributed by atoms with Crippen LogP contribution in [0.3, 0.4) is 0 Å². The summed E-state index contributed by atoms with van der Waals surface area (Å²) in [6.45, 7) is 0. The lowest BCUT2D eigenvalue weighted by Gasteiger charge is -2.13. The number of nitrogens with zero attached hydrogens (tertiary/aromatic N) is 3. The van der Waals surface area contributed by atoms with Gasteiger partial charge in [0.05, 0.1) is 28.4 Å². The summed E-state index contributed by atoms with van der Waals surface area (Å²) in [5, 5.41) is -0.286. The van der Waals surface area contributed by atoms with Crippen molar-refractivity contribution in [2.24, 2.45) is 0 Å². The van der Waals surface area contributed by atoms with Crippen molar-refractivity contribution >= 4 is 33.1 Å². The molecule has 2 aromatic carbocycles. The highest BCUT2D eigenvalue weighted by Gasteiger charge is 2.19. The minimum absolute atomic E-state index is 0.173. The normalized spacial score (nSPS) is 11.6. The number of imidazole rings is 1. The number of rotatable bonds is 5. The number of anilines is 1. The van der Waals surface area contributed by atoms with E-state index < -0.39 is 15.8 Å². The minimum atomic E-state index is -4.03. The second-order valence-electron chi connectivity index (χ2n) is 6.05. The second-order valence-corrected chi connectivity index (χ2v) is 8.14. The van der Waals surface area contributed by atoms with E-state index in [2.05, 4.69) is 14.7 Å². The van der Waals surface area contributed by atoms with Crippen molar-refractivity contribution in [3.8, 4) is 17.0 Å². The van der Waals surface area contributed by atoms with Gasteiger partial charge >= 0.3 is 0 Å². The summed E-state index contributed by atoms with van der Waals surface area (Å²) in [4.78, 5) is 8.43. The first-order chi connectivity index (χ1) is 13.9. The number of aromatic nitrogens is 3. The highest BCUT2D eigenvalue weighted by molar-refractivity contribution is 7.92. The van der Waals surface area contributed by atoms with E-state index in [0.29, 0.717) is 22.8 Å². The van der Waals surface area contributed by atoms with Gasteiger partial charge in [-0.2, -0.15) is 0 Å². The standard InChI is InChI=1S/C19H14ClFN4O3S/c1-28-18-6-3-12(17-11-25-8-2-7-22-19(25)23-17)9-16(18)24-29(26,27)13-4-5-15(21)14(20)10-13/h2-11,24H,1H3. The Balaban J connectivity index is 1.74. The SMILES string of the molecule is COc1ccc(-c2cn3cccnc3n2)cc1NS(=O)(=O)c1ccc(F)c(Cl)c1. The molecule has 1 N–H and O–H groups in total. The van der Waals surface area contributed by atoms with Gasteiger partial charge in [-0.1, -0.05) is 11.6 Å². The molecule has 2 heterocycles. The minimum Gasteiger partial charge on any atom is -0.495 e. The van der Waals surface area contributed by atoms with Crippen LogP contribution in [-0.4, -0.2) is 29.9 Å². The topological polar surface area (TPSA) is 85.6 Å². The Morgan fingerprint density at radius 3 is 2.76 bits per heavy atom. The largest absolute Gasteiger partial charge is 0.495 e. The van der Waals surface area contributed by atoms with Gasteiger partial charge in [0, 0.05) is 24.2 Å². The van der Waals surface area contributed by atoms with E-state index in [4.69, 9.17) is 16.3 Å². The van der Waals surface area contributed by atoms with Crippen molar-refractivity contribution in [2.75, 3.05) is 11.8 Å². The highest BCUT2D eigenvalue weighted by atomic mass is 35.5. The van der Waals surface area contributed by atoms with Gasteiger partial charge in [-0.3, -0.25) is 9.12 Å². The van der Waals surface area contributed by atoms with Crippen molar-refractivity contribution in [2.45, 2.75) is 4.90 Å². The molecule has 10 heteroatoms. The summed E-state index contributed by atoms with van der Waals surface area (Å²) in [7, 11) is -2.60. The van der Waals surface area contributed by atoms with Crippen molar-refractivity contribution in [1.29, 1.82) is 0 Å². The zero-order chi connectivity index (χ0) is 20.6. The third-order valence-corrected chi connectivity index (χ3v) is 5.83. The zero-order valence-electron chi connectivity index (χ0n) is 15.0. The molecule has 148 valence electrons. The summed E-state index contributed by atoms with van der Waals surface area (Å²) >= 11 is 5.72.